The molecule has 3 heteroatoms. The lowest BCUT2D eigenvalue weighted by Gasteiger charge is -2.13. The summed E-state index contributed by atoms with van der Waals surface area (Å²) in [5, 5.41) is 0. The maximum Gasteiger partial charge on any atom is 0.150 e. The molecular weight excluding hydrogens is 214 g/mol. The third-order valence-corrected chi connectivity index (χ3v) is 2.81. The number of benzene rings is 1. The number of carbonyl (C=O) groups is 1. The Morgan fingerprint density at radius 1 is 1.29 bits per heavy atom. The van der Waals surface area contributed by atoms with Crippen molar-refractivity contribution in [2.45, 2.75) is 20.3 Å². The van der Waals surface area contributed by atoms with Crippen LogP contribution in [0.1, 0.15) is 27.9 Å². The molecule has 0 heterocycles. The molecule has 0 saturated heterocycles. The molecule has 17 heavy (non-hydrogen) atoms. The molecule has 0 radical (unpaired) electrons. The maximum absolute atomic E-state index is 11.0. The van der Waals surface area contributed by atoms with Gasteiger partial charge in [-0.2, -0.15) is 0 Å². The summed E-state index contributed by atoms with van der Waals surface area (Å²) in [6.45, 7) is 5.55. The zero-order chi connectivity index (χ0) is 12.8. The van der Waals surface area contributed by atoms with Crippen LogP contribution in [0.5, 0.6) is 5.75 Å². The fourth-order valence-corrected chi connectivity index (χ4v) is 1.74. The van der Waals surface area contributed by atoms with Gasteiger partial charge in [0.1, 0.15) is 5.75 Å². The van der Waals surface area contributed by atoms with E-state index in [0.29, 0.717) is 6.61 Å². The Morgan fingerprint density at radius 3 is 2.59 bits per heavy atom. The van der Waals surface area contributed by atoms with Gasteiger partial charge in [-0.25, -0.2) is 0 Å². The second kappa shape index (κ2) is 6.40. The molecule has 0 fully saturated rings. The van der Waals surface area contributed by atoms with Gasteiger partial charge in [-0.05, 0) is 46.0 Å². The van der Waals surface area contributed by atoms with Crippen molar-refractivity contribution in [3.8, 4) is 5.75 Å². The summed E-state index contributed by atoms with van der Waals surface area (Å²) in [4.78, 5) is 13.1. The maximum atomic E-state index is 11.0. The van der Waals surface area contributed by atoms with Gasteiger partial charge in [-0.3, -0.25) is 4.79 Å². The minimum atomic E-state index is 0.681. The van der Waals surface area contributed by atoms with Crippen LogP contribution in [0.15, 0.2) is 12.1 Å². The fraction of sp³-hybridized carbons (Fsp3) is 0.500. The van der Waals surface area contributed by atoms with Crippen LogP contribution in [0.3, 0.4) is 0 Å². The highest BCUT2D eigenvalue weighted by Crippen LogP contribution is 2.23. The van der Waals surface area contributed by atoms with Gasteiger partial charge in [0, 0.05) is 17.7 Å². The van der Waals surface area contributed by atoms with E-state index in [1.807, 2.05) is 40.1 Å². The Bertz CT molecular complexity index is 386. The van der Waals surface area contributed by atoms with Gasteiger partial charge in [0.15, 0.2) is 6.29 Å². The van der Waals surface area contributed by atoms with Gasteiger partial charge in [0.25, 0.3) is 0 Å². The molecule has 1 aromatic rings. The molecule has 0 N–H and O–H groups in total. The van der Waals surface area contributed by atoms with E-state index in [4.69, 9.17) is 4.74 Å². The second-order valence-corrected chi connectivity index (χ2v) is 4.54. The van der Waals surface area contributed by atoms with Crippen LogP contribution in [0.2, 0.25) is 0 Å². The summed E-state index contributed by atoms with van der Waals surface area (Å²) in [5.41, 5.74) is 2.68. The number of aldehydes is 1. The third-order valence-electron chi connectivity index (χ3n) is 2.81. The predicted octanol–water partition coefficient (Wildman–Crippen LogP) is 2.45. The van der Waals surface area contributed by atoms with Crippen molar-refractivity contribution in [1.29, 1.82) is 0 Å². The zero-order valence-corrected chi connectivity index (χ0v) is 11.1. The van der Waals surface area contributed by atoms with E-state index in [1.165, 1.54) is 0 Å². The molecule has 1 aromatic carbocycles. The van der Waals surface area contributed by atoms with Crippen LogP contribution >= 0.6 is 0 Å². The van der Waals surface area contributed by atoms with Crippen LogP contribution in [-0.4, -0.2) is 38.4 Å². The van der Waals surface area contributed by atoms with Gasteiger partial charge >= 0.3 is 0 Å². The van der Waals surface area contributed by atoms with Gasteiger partial charge in [0.05, 0.1) is 6.61 Å². The normalized spacial score (nSPS) is 10.6. The minimum Gasteiger partial charge on any atom is -0.493 e. The fourth-order valence-electron chi connectivity index (χ4n) is 1.74. The first-order valence-electron chi connectivity index (χ1n) is 5.89. The highest BCUT2D eigenvalue weighted by atomic mass is 16.5. The Hall–Kier alpha value is -1.35. The van der Waals surface area contributed by atoms with Crippen LogP contribution in [0.4, 0.5) is 0 Å². The predicted molar refractivity (Wildman–Crippen MR) is 70.0 cm³/mol. The van der Waals surface area contributed by atoms with Gasteiger partial charge < -0.3 is 9.64 Å². The molecular formula is C14H21NO2. The van der Waals surface area contributed by atoms with Gasteiger partial charge in [-0.1, -0.05) is 6.07 Å². The number of aryl methyl sites for hydroxylation is 1. The summed E-state index contributed by atoms with van der Waals surface area (Å²) in [6.07, 6.45) is 1.88. The number of carbonyl (C=O) groups excluding carboxylic acids is 1. The second-order valence-electron chi connectivity index (χ2n) is 4.54. The van der Waals surface area contributed by atoms with E-state index in [1.54, 1.807) is 0 Å². The first-order valence-corrected chi connectivity index (χ1v) is 5.89. The van der Waals surface area contributed by atoms with Gasteiger partial charge in [0.2, 0.25) is 0 Å². The molecule has 0 spiro atoms. The lowest BCUT2D eigenvalue weighted by Crippen LogP contribution is -2.15. The zero-order valence-electron chi connectivity index (χ0n) is 11.1. The molecule has 0 atom stereocenters. The topological polar surface area (TPSA) is 29.5 Å². The van der Waals surface area contributed by atoms with Crippen molar-refractivity contribution in [2.75, 3.05) is 27.2 Å². The molecule has 0 aliphatic carbocycles. The van der Waals surface area contributed by atoms with Crippen LogP contribution in [0.25, 0.3) is 0 Å². The highest BCUT2D eigenvalue weighted by molar-refractivity contribution is 5.80. The molecule has 0 unspecified atom stereocenters. The summed E-state index contributed by atoms with van der Waals surface area (Å²) in [7, 11) is 4.09. The molecule has 0 amide bonds. The SMILES string of the molecule is Cc1ccc(OCCCN(C)C)c(C)c1C=O. The third kappa shape index (κ3) is 3.86. The van der Waals surface area contributed by atoms with Gasteiger partial charge in [-0.15, -0.1) is 0 Å². The lowest BCUT2D eigenvalue weighted by molar-refractivity contribution is 0.112. The standard InChI is InChI=1S/C14H21NO2/c1-11-6-7-14(12(2)13(11)10-16)17-9-5-8-15(3)4/h6-7,10H,5,8-9H2,1-4H3. The van der Waals surface area contributed by atoms with Crippen LogP contribution in [-0.2, 0) is 0 Å². The van der Waals surface area contributed by atoms with E-state index < -0.39 is 0 Å². The average Bonchev–Trinajstić information content (AvgIpc) is 2.27. The molecule has 1 rings (SSSR count). The van der Waals surface area contributed by atoms with Crippen molar-refractivity contribution in [2.24, 2.45) is 0 Å². The van der Waals surface area contributed by atoms with Crippen molar-refractivity contribution < 1.29 is 9.53 Å². The van der Waals surface area contributed by atoms with Crippen molar-refractivity contribution in [1.82, 2.24) is 4.90 Å². The molecule has 0 aromatic heterocycles. The minimum absolute atomic E-state index is 0.681. The summed E-state index contributed by atoms with van der Waals surface area (Å²) < 4.78 is 5.70. The van der Waals surface area contributed by atoms with E-state index >= 15 is 0 Å². The lowest BCUT2D eigenvalue weighted by atomic mass is 10.0. The number of hydrogen-bond donors (Lipinski definition) is 0. The Kier molecular flexibility index (Phi) is 5.16. The van der Waals surface area contributed by atoms with E-state index in [0.717, 1.165) is 41.7 Å². The van der Waals surface area contributed by atoms with Crippen LogP contribution < -0.4 is 4.74 Å². The molecule has 0 aliphatic heterocycles. The molecule has 3 nitrogen and oxygen atoms in total. The Morgan fingerprint density at radius 2 is 2.00 bits per heavy atom. The van der Waals surface area contributed by atoms with E-state index in [-0.39, 0.29) is 0 Å². The summed E-state index contributed by atoms with van der Waals surface area (Å²) in [6, 6.07) is 3.87. The monoisotopic (exact) mass is 235 g/mol. The van der Waals surface area contributed by atoms with Crippen LogP contribution in [0, 0.1) is 13.8 Å². The smallest absolute Gasteiger partial charge is 0.150 e. The summed E-state index contributed by atoms with van der Waals surface area (Å²) >= 11 is 0. The van der Waals surface area contributed by atoms with Crippen molar-refractivity contribution in [3.05, 3.63) is 28.8 Å². The number of hydrogen-bond acceptors (Lipinski definition) is 3. The molecule has 0 aliphatic rings. The molecule has 0 saturated carbocycles. The first-order chi connectivity index (χ1) is 8.06. The Balaban J connectivity index is 2.63. The highest BCUT2D eigenvalue weighted by Gasteiger charge is 2.07. The summed E-state index contributed by atoms with van der Waals surface area (Å²) in [5.74, 6) is 0.816. The van der Waals surface area contributed by atoms with Crippen molar-refractivity contribution >= 4 is 6.29 Å². The average molecular weight is 235 g/mol. The Labute approximate surface area is 103 Å². The van der Waals surface area contributed by atoms with E-state index in [9.17, 15) is 4.79 Å². The number of rotatable bonds is 6. The largest absolute Gasteiger partial charge is 0.493 e. The number of ether oxygens (including phenoxy) is 1. The first kappa shape index (κ1) is 13.7. The molecule has 94 valence electrons. The van der Waals surface area contributed by atoms with Crippen molar-refractivity contribution in [3.63, 3.8) is 0 Å². The quantitative estimate of drug-likeness (QED) is 0.560. The van der Waals surface area contributed by atoms with E-state index in [2.05, 4.69) is 4.90 Å². The number of nitrogens with zero attached hydrogens (tertiary/aromatic N) is 1. The molecule has 0 bridgehead atoms.